The molecular formula is C22H27F2N3O4S. The zero-order chi connectivity index (χ0) is 24.1. The molecule has 2 aromatic rings. The van der Waals surface area contributed by atoms with E-state index < -0.39 is 46.1 Å². The van der Waals surface area contributed by atoms with Crippen LogP contribution in [-0.4, -0.2) is 50.0 Å². The number of hydrogen-bond donors (Lipinski definition) is 1. The van der Waals surface area contributed by atoms with Gasteiger partial charge >= 0.3 is 0 Å². The van der Waals surface area contributed by atoms with Crippen molar-refractivity contribution in [3.8, 4) is 0 Å². The van der Waals surface area contributed by atoms with Crippen molar-refractivity contribution in [1.82, 2.24) is 10.2 Å². The van der Waals surface area contributed by atoms with Gasteiger partial charge in [-0.15, -0.1) is 0 Å². The van der Waals surface area contributed by atoms with Gasteiger partial charge in [-0.3, -0.25) is 13.9 Å². The van der Waals surface area contributed by atoms with E-state index in [4.69, 9.17) is 0 Å². The summed E-state index contributed by atoms with van der Waals surface area (Å²) in [7, 11) is -4.02. The Morgan fingerprint density at radius 2 is 1.62 bits per heavy atom. The van der Waals surface area contributed by atoms with Gasteiger partial charge in [-0.1, -0.05) is 30.3 Å². The highest BCUT2D eigenvalue weighted by Gasteiger charge is 2.30. The summed E-state index contributed by atoms with van der Waals surface area (Å²) in [6, 6.07) is 10.4. The summed E-state index contributed by atoms with van der Waals surface area (Å²) in [5.74, 6) is -3.45. The molecule has 0 aliphatic heterocycles. The van der Waals surface area contributed by atoms with E-state index in [1.54, 1.807) is 51.1 Å². The van der Waals surface area contributed by atoms with Gasteiger partial charge in [0.15, 0.2) is 11.6 Å². The molecule has 0 aromatic heterocycles. The van der Waals surface area contributed by atoms with Crippen LogP contribution in [0.1, 0.15) is 26.3 Å². The number of sulfonamides is 1. The zero-order valence-electron chi connectivity index (χ0n) is 18.4. The molecule has 0 bridgehead atoms. The fraction of sp³-hybridized carbons (Fsp3) is 0.364. The largest absolute Gasteiger partial charge is 0.352 e. The molecule has 0 fully saturated rings. The minimum Gasteiger partial charge on any atom is -0.352 e. The second-order valence-corrected chi connectivity index (χ2v) is 9.62. The molecule has 1 N–H and O–H groups in total. The molecule has 1 atom stereocenters. The van der Waals surface area contributed by atoms with Crippen molar-refractivity contribution in [2.75, 3.05) is 17.1 Å². The fourth-order valence-corrected chi connectivity index (χ4v) is 3.86. The van der Waals surface area contributed by atoms with Gasteiger partial charge in [-0.05, 0) is 38.5 Å². The second-order valence-electron chi connectivity index (χ2n) is 7.71. The minimum absolute atomic E-state index is 0.0573. The average molecular weight is 468 g/mol. The molecule has 2 rings (SSSR count). The quantitative estimate of drug-likeness (QED) is 0.614. The number of benzene rings is 2. The molecule has 7 nitrogen and oxygen atoms in total. The van der Waals surface area contributed by atoms with Crippen molar-refractivity contribution in [3.05, 3.63) is 65.7 Å². The molecule has 0 heterocycles. The Kier molecular flexibility index (Phi) is 8.31. The average Bonchev–Trinajstić information content (AvgIpc) is 2.71. The summed E-state index contributed by atoms with van der Waals surface area (Å²) in [4.78, 5) is 27.1. The van der Waals surface area contributed by atoms with Crippen molar-refractivity contribution in [2.24, 2.45) is 0 Å². The van der Waals surface area contributed by atoms with E-state index in [0.29, 0.717) is 10.4 Å². The lowest BCUT2D eigenvalue weighted by atomic mass is 10.1. The first-order valence-electron chi connectivity index (χ1n) is 9.96. The van der Waals surface area contributed by atoms with E-state index in [2.05, 4.69) is 5.32 Å². The Morgan fingerprint density at radius 1 is 1.00 bits per heavy atom. The smallest absolute Gasteiger partial charge is 0.244 e. The number of hydrogen-bond acceptors (Lipinski definition) is 4. The Labute approximate surface area is 187 Å². The second kappa shape index (κ2) is 10.5. The number of amides is 2. The van der Waals surface area contributed by atoms with Crippen molar-refractivity contribution in [1.29, 1.82) is 0 Å². The monoisotopic (exact) mass is 467 g/mol. The number of nitrogens with one attached hydrogen (secondary N) is 1. The number of rotatable bonds is 9. The highest BCUT2D eigenvalue weighted by atomic mass is 32.2. The van der Waals surface area contributed by atoms with Crippen LogP contribution in [0.3, 0.4) is 0 Å². The van der Waals surface area contributed by atoms with Crippen molar-refractivity contribution in [3.63, 3.8) is 0 Å². The van der Waals surface area contributed by atoms with Gasteiger partial charge in [0.05, 0.1) is 11.9 Å². The van der Waals surface area contributed by atoms with Crippen LogP contribution in [0.2, 0.25) is 0 Å². The molecule has 0 spiro atoms. The fourth-order valence-electron chi connectivity index (χ4n) is 3.02. The third-order valence-corrected chi connectivity index (χ3v) is 5.80. The molecule has 0 aliphatic carbocycles. The summed E-state index contributed by atoms with van der Waals surface area (Å²) in [6.07, 6.45) is 0.859. The summed E-state index contributed by atoms with van der Waals surface area (Å²) in [5.41, 5.74) is 0.544. The van der Waals surface area contributed by atoms with Gasteiger partial charge in [0, 0.05) is 18.7 Å². The number of halogens is 2. The molecule has 32 heavy (non-hydrogen) atoms. The van der Waals surface area contributed by atoms with E-state index in [-0.39, 0.29) is 18.3 Å². The third kappa shape index (κ3) is 6.74. The van der Waals surface area contributed by atoms with Crippen LogP contribution in [-0.2, 0) is 26.2 Å². The van der Waals surface area contributed by atoms with E-state index in [1.165, 1.54) is 4.90 Å². The first kappa shape index (κ1) is 25.3. The standard InChI is InChI=1S/C22H27F2N3O4S/c1-15(2)25-22(29)16(3)26(13-17-8-6-5-7-9-17)21(28)14-27(32(4,30)31)18-10-11-19(23)20(24)12-18/h5-12,15-16H,13-14H2,1-4H3,(H,25,29)/t16-/m0/s1. The lowest BCUT2D eigenvalue weighted by molar-refractivity contribution is -0.139. The van der Waals surface area contributed by atoms with Crippen LogP contribution >= 0.6 is 0 Å². The first-order valence-corrected chi connectivity index (χ1v) is 11.8. The molecule has 0 radical (unpaired) electrons. The Bertz CT molecular complexity index is 1060. The Morgan fingerprint density at radius 3 is 2.16 bits per heavy atom. The topological polar surface area (TPSA) is 86.8 Å². The third-order valence-electron chi connectivity index (χ3n) is 4.66. The molecule has 2 amide bonds. The molecule has 0 aliphatic rings. The summed E-state index contributed by atoms with van der Waals surface area (Å²) >= 11 is 0. The maximum atomic E-state index is 13.7. The van der Waals surface area contributed by atoms with Gasteiger partial charge in [-0.25, -0.2) is 17.2 Å². The van der Waals surface area contributed by atoms with Crippen molar-refractivity contribution < 1.29 is 26.8 Å². The summed E-state index contributed by atoms with van der Waals surface area (Å²) in [5, 5.41) is 2.74. The molecule has 2 aromatic carbocycles. The number of carbonyl (C=O) groups excluding carboxylic acids is 2. The van der Waals surface area contributed by atoms with Crippen LogP contribution in [0.25, 0.3) is 0 Å². The van der Waals surface area contributed by atoms with E-state index >= 15 is 0 Å². The van der Waals surface area contributed by atoms with Gasteiger partial charge in [0.2, 0.25) is 21.8 Å². The maximum absolute atomic E-state index is 13.7. The van der Waals surface area contributed by atoms with Gasteiger partial charge in [-0.2, -0.15) is 0 Å². The van der Waals surface area contributed by atoms with E-state index in [0.717, 1.165) is 24.0 Å². The van der Waals surface area contributed by atoms with Crippen LogP contribution < -0.4 is 9.62 Å². The molecule has 0 saturated carbocycles. The van der Waals surface area contributed by atoms with Crippen LogP contribution in [0, 0.1) is 11.6 Å². The SMILES string of the molecule is CC(C)NC(=O)[C@H](C)N(Cc1ccccc1)C(=O)CN(c1ccc(F)c(F)c1)S(C)(=O)=O. The Hall–Kier alpha value is -3.01. The predicted octanol–water partition coefficient (Wildman–Crippen LogP) is 2.67. The van der Waals surface area contributed by atoms with Gasteiger partial charge < -0.3 is 10.2 Å². The van der Waals surface area contributed by atoms with Gasteiger partial charge in [0.1, 0.15) is 12.6 Å². The summed E-state index contributed by atoms with van der Waals surface area (Å²) in [6.45, 7) is 4.48. The van der Waals surface area contributed by atoms with Crippen molar-refractivity contribution in [2.45, 2.75) is 39.4 Å². The molecule has 0 unspecified atom stereocenters. The lowest BCUT2D eigenvalue weighted by Gasteiger charge is -2.31. The van der Waals surface area contributed by atoms with E-state index in [9.17, 15) is 26.8 Å². The lowest BCUT2D eigenvalue weighted by Crippen LogP contribution is -2.52. The highest BCUT2D eigenvalue weighted by molar-refractivity contribution is 7.92. The van der Waals surface area contributed by atoms with Gasteiger partial charge in [0.25, 0.3) is 0 Å². The first-order chi connectivity index (χ1) is 14.9. The number of carbonyl (C=O) groups is 2. The summed E-state index contributed by atoms with van der Waals surface area (Å²) < 4.78 is 52.4. The van der Waals surface area contributed by atoms with Crippen LogP contribution in [0.5, 0.6) is 0 Å². The highest BCUT2D eigenvalue weighted by Crippen LogP contribution is 2.21. The zero-order valence-corrected chi connectivity index (χ0v) is 19.2. The molecule has 174 valence electrons. The normalized spacial score (nSPS) is 12.3. The van der Waals surface area contributed by atoms with Crippen LogP contribution in [0.4, 0.5) is 14.5 Å². The molecule has 10 heteroatoms. The number of anilines is 1. The van der Waals surface area contributed by atoms with Crippen molar-refractivity contribution >= 4 is 27.5 Å². The number of nitrogens with zero attached hydrogens (tertiary/aromatic N) is 2. The predicted molar refractivity (Wildman–Crippen MR) is 118 cm³/mol. The molecular weight excluding hydrogens is 440 g/mol. The minimum atomic E-state index is -4.02. The Balaban J connectivity index is 2.38. The van der Waals surface area contributed by atoms with E-state index in [1.807, 2.05) is 0 Å². The van der Waals surface area contributed by atoms with Crippen LogP contribution in [0.15, 0.2) is 48.5 Å². The molecule has 0 saturated heterocycles. The maximum Gasteiger partial charge on any atom is 0.244 e.